The number of pyridine rings is 1. The second kappa shape index (κ2) is 9.28. The number of nitrogens with zero attached hydrogens (tertiary/aromatic N) is 3. The minimum absolute atomic E-state index is 0.0571. The third-order valence-electron chi connectivity index (χ3n) is 3.79. The monoisotopic (exact) mass is 416 g/mol. The smallest absolute Gasteiger partial charge is 0.294 e. The normalized spacial score (nSPS) is 11.1. The molecule has 152 valence electrons. The Morgan fingerprint density at radius 1 is 1.03 bits per heavy atom. The molecule has 0 saturated carbocycles. The van der Waals surface area contributed by atoms with Crippen LogP contribution in [0.4, 0.5) is 17.5 Å². The van der Waals surface area contributed by atoms with Crippen molar-refractivity contribution in [3.05, 3.63) is 54.9 Å². The second-order valence-electron chi connectivity index (χ2n) is 5.96. The van der Waals surface area contributed by atoms with Crippen molar-refractivity contribution in [2.75, 3.05) is 29.3 Å². The number of rotatable bonds is 9. The standard InChI is InChI=1S/C18H20N6O4S/c25-10-2-9-20-18-21-16(13-3-1-8-19-12-13)11-17(22-18)24-23-14-4-6-15(7-5-14)29(26,27)28/h1,3-8,11-12,23,25H,2,9-10H2,(H,26,27,28)(H2,20,21,22,24). The summed E-state index contributed by atoms with van der Waals surface area (Å²) in [7, 11) is -4.24. The fourth-order valence-corrected chi connectivity index (χ4v) is 2.86. The fraction of sp³-hybridized carbons (Fsp3) is 0.167. The first kappa shape index (κ1) is 20.5. The van der Waals surface area contributed by atoms with Crippen LogP contribution >= 0.6 is 0 Å². The number of hydrazine groups is 1. The third kappa shape index (κ3) is 5.85. The topological polar surface area (TPSA) is 149 Å². The summed E-state index contributed by atoms with van der Waals surface area (Å²) in [4.78, 5) is 12.7. The molecule has 2 aromatic heterocycles. The number of aliphatic hydroxyl groups excluding tert-OH is 1. The molecule has 0 aliphatic rings. The third-order valence-corrected chi connectivity index (χ3v) is 4.66. The maximum absolute atomic E-state index is 11.1. The number of hydrogen-bond donors (Lipinski definition) is 5. The van der Waals surface area contributed by atoms with Gasteiger partial charge in [0.05, 0.1) is 16.3 Å². The summed E-state index contributed by atoms with van der Waals surface area (Å²) in [5.74, 6) is 0.843. The first-order chi connectivity index (χ1) is 14.0. The summed E-state index contributed by atoms with van der Waals surface area (Å²) >= 11 is 0. The van der Waals surface area contributed by atoms with E-state index in [1.54, 1.807) is 24.5 Å². The second-order valence-corrected chi connectivity index (χ2v) is 7.38. The van der Waals surface area contributed by atoms with Crippen molar-refractivity contribution in [3.63, 3.8) is 0 Å². The largest absolute Gasteiger partial charge is 0.396 e. The predicted molar refractivity (Wildman–Crippen MR) is 109 cm³/mol. The molecular weight excluding hydrogens is 396 g/mol. The number of hydrogen-bond acceptors (Lipinski definition) is 9. The molecule has 3 aromatic rings. The lowest BCUT2D eigenvalue weighted by Crippen LogP contribution is -2.13. The number of anilines is 3. The van der Waals surface area contributed by atoms with E-state index in [-0.39, 0.29) is 11.5 Å². The Hall–Kier alpha value is -3.28. The average molecular weight is 416 g/mol. The highest BCUT2D eigenvalue weighted by Crippen LogP contribution is 2.21. The van der Waals surface area contributed by atoms with Crippen molar-refractivity contribution in [3.8, 4) is 11.3 Å². The van der Waals surface area contributed by atoms with Crippen molar-refractivity contribution in [2.45, 2.75) is 11.3 Å². The zero-order valence-corrected chi connectivity index (χ0v) is 16.1. The SMILES string of the molecule is O=S(=O)(O)c1ccc(NNc2cc(-c3cccnc3)nc(NCCCO)n2)cc1. The molecule has 0 fully saturated rings. The molecule has 0 bridgehead atoms. The van der Waals surface area contributed by atoms with Gasteiger partial charge in [-0.05, 0) is 42.8 Å². The first-order valence-electron chi connectivity index (χ1n) is 8.69. The molecular formula is C18H20N6O4S. The number of benzene rings is 1. The minimum atomic E-state index is -4.24. The van der Waals surface area contributed by atoms with Gasteiger partial charge in [-0.1, -0.05) is 0 Å². The molecule has 0 aliphatic carbocycles. The molecule has 0 unspecified atom stereocenters. The molecule has 5 N–H and O–H groups in total. The zero-order valence-electron chi connectivity index (χ0n) is 15.3. The van der Waals surface area contributed by atoms with Gasteiger partial charge in [0.1, 0.15) is 0 Å². The molecule has 0 amide bonds. The summed E-state index contributed by atoms with van der Waals surface area (Å²) in [5.41, 5.74) is 7.86. The van der Waals surface area contributed by atoms with E-state index in [2.05, 4.69) is 31.1 Å². The van der Waals surface area contributed by atoms with Crippen molar-refractivity contribution in [1.29, 1.82) is 0 Å². The van der Waals surface area contributed by atoms with Gasteiger partial charge in [-0.25, -0.2) is 4.98 Å². The molecule has 0 spiro atoms. The number of aliphatic hydroxyl groups is 1. The molecule has 2 heterocycles. The van der Waals surface area contributed by atoms with E-state index in [1.165, 1.54) is 24.3 Å². The van der Waals surface area contributed by atoms with E-state index in [0.29, 0.717) is 36.1 Å². The average Bonchev–Trinajstić information content (AvgIpc) is 2.73. The van der Waals surface area contributed by atoms with Crippen LogP contribution in [-0.4, -0.2) is 46.2 Å². The van der Waals surface area contributed by atoms with Gasteiger partial charge in [0, 0.05) is 37.2 Å². The Kier molecular flexibility index (Phi) is 6.54. The summed E-state index contributed by atoms with van der Waals surface area (Å²) in [6, 6.07) is 11.0. The van der Waals surface area contributed by atoms with Gasteiger partial charge >= 0.3 is 0 Å². The van der Waals surface area contributed by atoms with Crippen LogP contribution < -0.4 is 16.2 Å². The predicted octanol–water partition coefficient (Wildman–Crippen LogP) is 2.02. The van der Waals surface area contributed by atoms with Gasteiger partial charge in [0.25, 0.3) is 10.1 Å². The van der Waals surface area contributed by atoms with Crippen molar-refractivity contribution < 1.29 is 18.1 Å². The summed E-state index contributed by atoms with van der Waals surface area (Å²) < 4.78 is 31.3. The summed E-state index contributed by atoms with van der Waals surface area (Å²) in [5, 5.41) is 12.0. The Morgan fingerprint density at radius 3 is 2.48 bits per heavy atom. The Labute approximate surface area is 167 Å². The first-order valence-corrected chi connectivity index (χ1v) is 10.1. The van der Waals surface area contributed by atoms with Crippen molar-refractivity contribution >= 4 is 27.6 Å². The van der Waals surface area contributed by atoms with Crippen molar-refractivity contribution in [2.24, 2.45) is 0 Å². The lowest BCUT2D eigenvalue weighted by molar-refractivity contribution is 0.292. The van der Waals surface area contributed by atoms with Gasteiger partial charge in [0.15, 0.2) is 5.82 Å². The highest BCUT2D eigenvalue weighted by Gasteiger charge is 2.09. The quantitative estimate of drug-likeness (QED) is 0.199. The molecule has 11 heteroatoms. The van der Waals surface area contributed by atoms with E-state index in [1.807, 2.05) is 6.07 Å². The zero-order chi connectivity index (χ0) is 20.7. The molecule has 0 atom stereocenters. The molecule has 3 rings (SSSR count). The van der Waals surface area contributed by atoms with Crippen LogP contribution in [0.25, 0.3) is 11.3 Å². The lowest BCUT2D eigenvalue weighted by Gasteiger charge is -2.13. The number of nitrogens with one attached hydrogen (secondary N) is 3. The minimum Gasteiger partial charge on any atom is -0.396 e. The number of aromatic nitrogens is 3. The van der Waals surface area contributed by atoms with Crippen LogP contribution in [-0.2, 0) is 10.1 Å². The fourth-order valence-electron chi connectivity index (χ4n) is 2.38. The van der Waals surface area contributed by atoms with Crippen LogP contribution in [0, 0.1) is 0 Å². The van der Waals surface area contributed by atoms with Gasteiger partial charge in [-0.15, -0.1) is 0 Å². The lowest BCUT2D eigenvalue weighted by atomic mass is 10.2. The van der Waals surface area contributed by atoms with Crippen LogP contribution in [0.1, 0.15) is 6.42 Å². The van der Waals surface area contributed by atoms with Crippen LogP contribution in [0.5, 0.6) is 0 Å². The Morgan fingerprint density at radius 2 is 1.83 bits per heavy atom. The van der Waals surface area contributed by atoms with E-state index in [0.717, 1.165) is 5.56 Å². The molecule has 0 radical (unpaired) electrons. The molecule has 29 heavy (non-hydrogen) atoms. The van der Waals surface area contributed by atoms with Crippen LogP contribution in [0.15, 0.2) is 59.8 Å². The van der Waals surface area contributed by atoms with E-state index < -0.39 is 10.1 Å². The van der Waals surface area contributed by atoms with Crippen LogP contribution in [0.2, 0.25) is 0 Å². The maximum Gasteiger partial charge on any atom is 0.294 e. The van der Waals surface area contributed by atoms with Gasteiger partial charge < -0.3 is 10.4 Å². The summed E-state index contributed by atoms with van der Waals surface area (Å²) in [6.45, 7) is 0.568. The highest BCUT2D eigenvalue weighted by molar-refractivity contribution is 7.85. The highest BCUT2D eigenvalue weighted by atomic mass is 32.2. The maximum atomic E-state index is 11.1. The summed E-state index contributed by atoms with van der Waals surface area (Å²) in [6.07, 6.45) is 3.91. The molecule has 10 nitrogen and oxygen atoms in total. The van der Waals surface area contributed by atoms with E-state index in [9.17, 15) is 8.42 Å². The van der Waals surface area contributed by atoms with Crippen LogP contribution in [0.3, 0.4) is 0 Å². The van der Waals surface area contributed by atoms with Gasteiger partial charge in [-0.2, -0.15) is 13.4 Å². The molecule has 0 saturated heterocycles. The van der Waals surface area contributed by atoms with E-state index >= 15 is 0 Å². The van der Waals surface area contributed by atoms with E-state index in [4.69, 9.17) is 9.66 Å². The molecule has 1 aromatic carbocycles. The molecule has 0 aliphatic heterocycles. The van der Waals surface area contributed by atoms with Gasteiger partial charge in [0.2, 0.25) is 5.95 Å². The Bertz CT molecular complexity index is 1050. The Balaban J connectivity index is 1.79. The van der Waals surface area contributed by atoms with Crippen molar-refractivity contribution in [1.82, 2.24) is 15.0 Å². The van der Waals surface area contributed by atoms with Gasteiger partial charge in [-0.3, -0.25) is 20.4 Å².